The molecule has 0 radical (unpaired) electrons. The zero-order valence-electron chi connectivity index (χ0n) is 13.1. The Hall–Kier alpha value is -3.18. The lowest BCUT2D eigenvalue weighted by atomic mass is 10.1. The average Bonchev–Trinajstić information content (AvgIpc) is 3.25. The maximum absolute atomic E-state index is 13.1. The smallest absolute Gasteiger partial charge is 0.187 e. The SMILES string of the molecule is Cc1cccc(-c2nn(SF)cc2-c2ccc3ncc(C#N)n3c2)n1. The number of hydrogen-bond donors (Lipinski definition) is 0. The van der Waals surface area contributed by atoms with E-state index >= 15 is 0 Å². The van der Waals surface area contributed by atoms with Gasteiger partial charge in [0.15, 0.2) is 12.3 Å². The average molecular weight is 350 g/mol. The molecule has 122 valence electrons. The van der Waals surface area contributed by atoms with Gasteiger partial charge in [-0.1, -0.05) is 6.07 Å². The third-order valence-electron chi connectivity index (χ3n) is 3.83. The molecule has 0 unspecified atom stereocenters. The van der Waals surface area contributed by atoms with Gasteiger partial charge in [0.2, 0.25) is 0 Å². The zero-order chi connectivity index (χ0) is 17.4. The molecule has 0 aliphatic rings. The normalized spacial score (nSPS) is 10.9. The van der Waals surface area contributed by atoms with Crippen molar-refractivity contribution in [2.75, 3.05) is 0 Å². The van der Waals surface area contributed by atoms with Crippen molar-refractivity contribution >= 4 is 18.0 Å². The van der Waals surface area contributed by atoms with Crippen LogP contribution in [0.15, 0.2) is 48.9 Å². The molecule has 8 heteroatoms. The molecule has 4 aromatic heterocycles. The second-order valence-corrected chi connectivity index (χ2v) is 5.94. The molecule has 0 amide bonds. The van der Waals surface area contributed by atoms with E-state index < -0.39 is 0 Å². The third kappa shape index (κ3) is 2.64. The van der Waals surface area contributed by atoms with Gasteiger partial charge >= 0.3 is 0 Å². The summed E-state index contributed by atoms with van der Waals surface area (Å²) in [6, 6.07) is 11.4. The lowest BCUT2D eigenvalue weighted by Crippen LogP contribution is -1.92. The highest BCUT2D eigenvalue weighted by Gasteiger charge is 2.16. The molecule has 4 rings (SSSR count). The predicted molar refractivity (Wildman–Crippen MR) is 93.2 cm³/mol. The Balaban J connectivity index is 1.93. The van der Waals surface area contributed by atoms with Gasteiger partial charge < -0.3 is 0 Å². The minimum atomic E-state index is 0.0166. The number of fused-ring (bicyclic) bond motifs is 1. The van der Waals surface area contributed by atoms with E-state index in [9.17, 15) is 9.15 Å². The van der Waals surface area contributed by atoms with Gasteiger partial charge in [0.25, 0.3) is 0 Å². The van der Waals surface area contributed by atoms with E-state index in [0.29, 0.717) is 22.7 Å². The van der Waals surface area contributed by atoms with Crippen LogP contribution in [0.2, 0.25) is 0 Å². The molecule has 6 nitrogen and oxygen atoms in total. The van der Waals surface area contributed by atoms with E-state index in [1.54, 1.807) is 16.8 Å². The molecule has 0 saturated carbocycles. The number of rotatable bonds is 3. The van der Waals surface area contributed by atoms with Gasteiger partial charge in [0.1, 0.15) is 23.1 Å². The van der Waals surface area contributed by atoms with Crippen LogP contribution in [0.5, 0.6) is 0 Å². The Bertz CT molecular complexity index is 1120. The molecule has 0 aliphatic heterocycles. The van der Waals surface area contributed by atoms with Crippen LogP contribution in [0.25, 0.3) is 28.2 Å². The van der Waals surface area contributed by atoms with Crippen molar-refractivity contribution in [3.05, 3.63) is 60.3 Å². The van der Waals surface area contributed by atoms with Crippen molar-refractivity contribution in [2.24, 2.45) is 0 Å². The van der Waals surface area contributed by atoms with Crippen molar-refractivity contribution in [1.29, 1.82) is 5.26 Å². The molecule has 25 heavy (non-hydrogen) atoms. The lowest BCUT2D eigenvalue weighted by Gasteiger charge is -2.04. The molecule has 4 aromatic rings. The highest BCUT2D eigenvalue weighted by Crippen LogP contribution is 2.32. The molecular weight excluding hydrogens is 339 g/mol. The van der Waals surface area contributed by atoms with E-state index in [4.69, 9.17) is 0 Å². The van der Waals surface area contributed by atoms with Crippen molar-refractivity contribution in [1.82, 2.24) is 23.6 Å². The minimum Gasteiger partial charge on any atom is -0.291 e. The molecule has 0 saturated heterocycles. The van der Waals surface area contributed by atoms with Gasteiger partial charge in [0.05, 0.1) is 11.9 Å². The first-order valence-corrected chi connectivity index (χ1v) is 8.07. The number of nitrogens with zero attached hydrogens (tertiary/aromatic N) is 6. The minimum absolute atomic E-state index is 0.0166. The lowest BCUT2D eigenvalue weighted by molar-refractivity contribution is 0.878. The predicted octanol–water partition coefficient (Wildman–Crippen LogP) is 3.82. The fraction of sp³-hybridized carbons (Fsp3) is 0.0588. The van der Waals surface area contributed by atoms with Crippen molar-refractivity contribution < 1.29 is 3.89 Å². The molecule has 4 heterocycles. The summed E-state index contributed by atoms with van der Waals surface area (Å²) in [6.07, 6.45) is 4.92. The summed E-state index contributed by atoms with van der Waals surface area (Å²) in [7, 11) is 0. The van der Waals surface area contributed by atoms with E-state index in [2.05, 4.69) is 21.1 Å². The highest BCUT2D eigenvalue weighted by atomic mass is 32.2. The van der Waals surface area contributed by atoms with Crippen LogP contribution in [0.3, 0.4) is 0 Å². The number of halogens is 1. The molecule has 0 aromatic carbocycles. The Morgan fingerprint density at radius 2 is 2.08 bits per heavy atom. The first-order chi connectivity index (χ1) is 12.2. The molecule has 0 atom stereocenters. The van der Waals surface area contributed by atoms with Crippen molar-refractivity contribution in [2.45, 2.75) is 6.92 Å². The van der Waals surface area contributed by atoms with Gasteiger partial charge in [-0.2, -0.15) is 14.4 Å². The summed E-state index contributed by atoms with van der Waals surface area (Å²) in [5, 5.41) is 13.5. The van der Waals surface area contributed by atoms with Crippen LogP contribution in [-0.2, 0) is 0 Å². The maximum atomic E-state index is 13.1. The third-order valence-corrected chi connectivity index (χ3v) is 4.15. The standard InChI is InChI=1S/C17H11FN6S/c1-11-3-2-4-15(21-11)17-14(10-24(22-17)25-18)12-5-6-16-20-8-13(7-19)23(16)9-12/h2-6,8-10H,1H3. The van der Waals surface area contributed by atoms with E-state index in [0.717, 1.165) is 20.9 Å². The fourth-order valence-corrected chi connectivity index (χ4v) is 2.94. The van der Waals surface area contributed by atoms with Gasteiger partial charge in [-0.15, -0.1) is 3.89 Å². The van der Waals surface area contributed by atoms with Gasteiger partial charge in [-0.3, -0.25) is 9.38 Å². The number of imidazole rings is 1. The number of nitriles is 1. The first kappa shape index (κ1) is 15.4. The second-order valence-electron chi connectivity index (χ2n) is 5.43. The Morgan fingerprint density at radius 1 is 1.20 bits per heavy atom. The zero-order valence-corrected chi connectivity index (χ0v) is 13.9. The van der Waals surface area contributed by atoms with Crippen molar-refractivity contribution in [3.63, 3.8) is 0 Å². The monoisotopic (exact) mass is 350 g/mol. The van der Waals surface area contributed by atoms with Crippen LogP contribution in [0, 0.1) is 18.3 Å². The molecule has 0 bridgehead atoms. The molecule has 0 fully saturated rings. The molecular formula is C17H11FN6S. The van der Waals surface area contributed by atoms with Crippen LogP contribution in [0.4, 0.5) is 3.89 Å². The van der Waals surface area contributed by atoms with Gasteiger partial charge in [-0.05, 0) is 31.2 Å². The van der Waals surface area contributed by atoms with E-state index in [1.807, 2.05) is 37.3 Å². The summed E-state index contributed by atoms with van der Waals surface area (Å²) in [4.78, 5) is 8.67. The van der Waals surface area contributed by atoms with Crippen LogP contribution in [0.1, 0.15) is 11.4 Å². The van der Waals surface area contributed by atoms with Crippen LogP contribution >= 0.6 is 12.3 Å². The van der Waals surface area contributed by atoms with Gasteiger partial charge in [0, 0.05) is 29.2 Å². The van der Waals surface area contributed by atoms with E-state index in [1.165, 1.54) is 6.20 Å². The molecule has 0 aliphatic carbocycles. The number of aromatic nitrogens is 5. The topological polar surface area (TPSA) is 71.8 Å². The summed E-state index contributed by atoms with van der Waals surface area (Å²) in [6.45, 7) is 1.89. The quantitative estimate of drug-likeness (QED) is 0.562. The van der Waals surface area contributed by atoms with E-state index in [-0.39, 0.29) is 12.3 Å². The number of hydrogen-bond acceptors (Lipinski definition) is 5. The maximum Gasteiger partial charge on any atom is 0.187 e. The number of pyridine rings is 2. The first-order valence-electron chi connectivity index (χ1n) is 7.40. The molecule has 0 N–H and O–H groups in total. The highest BCUT2D eigenvalue weighted by molar-refractivity contribution is 7.92. The summed E-state index contributed by atoms with van der Waals surface area (Å²) < 4.78 is 15.9. The second kappa shape index (κ2) is 6.03. The van der Waals surface area contributed by atoms with Gasteiger partial charge in [-0.25, -0.2) is 4.98 Å². The largest absolute Gasteiger partial charge is 0.291 e. The summed E-state index contributed by atoms with van der Waals surface area (Å²) in [5.41, 5.74) is 4.70. The molecule has 0 spiro atoms. The summed E-state index contributed by atoms with van der Waals surface area (Å²) >= 11 is 0.0166. The van der Waals surface area contributed by atoms with Crippen LogP contribution < -0.4 is 0 Å². The number of aryl methyl sites for hydroxylation is 1. The Kier molecular flexibility index (Phi) is 3.71. The van der Waals surface area contributed by atoms with Crippen LogP contribution in [-0.4, -0.2) is 23.6 Å². The Labute approximate surface area is 147 Å². The van der Waals surface area contributed by atoms with Crippen molar-refractivity contribution in [3.8, 4) is 28.6 Å². The fourth-order valence-electron chi connectivity index (χ4n) is 2.69. The summed E-state index contributed by atoms with van der Waals surface area (Å²) in [5.74, 6) is 0. The Morgan fingerprint density at radius 3 is 2.84 bits per heavy atom.